The number of anilines is 1. The first kappa shape index (κ1) is 16.5. The number of fused-ring (bicyclic) bond motifs is 1. The molecule has 1 aromatic carbocycles. The largest absolute Gasteiger partial charge is 0.354 e. The van der Waals surface area contributed by atoms with Crippen LogP contribution in [0.4, 0.5) is 5.82 Å². The van der Waals surface area contributed by atoms with Gasteiger partial charge in [0.1, 0.15) is 11.8 Å². The number of piperidine rings is 1. The Morgan fingerprint density at radius 1 is 1.27 bits per heavy atom. The average molecular weight is 350 g/mol. The molecule has 4 rings (SSSR count). The molecule has 2 aromatic heterocycles. The van der Waals surface area contributed by atoms with Crippen LogP contribution >= 0.6 is 0 Å². The van der Waals surface area contributed by atoms with E-state index in [4.69, 9.17) is 0 Å². The molecule has 1 aliphatic rings. The molecule has 7 heteroatoms. The molecular weight excluding hydrogens is 328 g/mol. The number of carbonyl (C=O) groups excluding carboxylic acids is 1. The third-order valence-electron chi connectivity index (χ3n) is 4.95. The summed E-state index contributed by atoms with van der Waals surface area (Å²) in [4.78, 5) is 30.8. The van der Waals surface area contributed by atoms with Crippen molar-refractivity contribution in [3.63, 3.8) is 0 Å². The molecule has 0 unspecified atom stereocenters. The Morgan fingerprint density at radius 2 is 2.12 bits per heavy atom. The van der Waals surface area contributed by atoms with E-state index in [0.717, 1.165) is 36.3 Å². The van der Waals surface area contributed by atoms with Gasteiger partial charge in [0.05, 0.1) is 18.3 Å². The molecule has 0 spiro atoms. The Morgan fingerprint density at radius 3 is 2.96 bits per heavy atom. The first-order chi connectivity index (χ1) is 12.7. The number of amides is 1. The Hall–Kier alpha value is -2.96. The number of hydrogen-bond acceptors (Lipinski definition) is 5. The molecule has 0 aliphatic carbocycles. The van der Waals surface area contributed by atoms with Crippen LogP contribution in [-0.4, -0.2) is 38.9 Å². The number of hydrogen-bond donors (Lipinski definition) is 2. The summed E-state index contributed by atoms with van der Waals surface area (Å²) in [5, 5.41) is 3.15. The van der Waals surface area contributed by atoms with Gasteiger partial charge in [-0.15, -0.1) is 0 Å². The number of aromatic nitrogens is 4. The van der Waals surface area contributed by atoms with E-state index < -0.39 is 0 Å². The van der Waals surface area contributed by atoms with Crippen LogP contribution in [0.2, 0.25) is 0 Å². The van der Waals surface area contributed by atoms with E-state index in [0.29, 0.717) is 12.2 Å². The van der Waals surface area contributed by atoms with Crippen LogP contribution in [0.5, 0.6) is 0 Å². The molecule has 3 heterocycles. The normalized spacial score (nSPS) is 18.7. The van der Waals surface area contributed by atoms with Gasteiger partial charge in [0.2, 0.25) is 5.91 Å². The van der Waals surface area contributed by atoms with Gasteiger partial charge in [-0.2, -0.15) is 0 Å². The summed E-state index contributed by atoms with van der Waals surface area (Å²) in [5.41, 5.74) is 2.59. The van der Waals surface area contributed by atoms with Crippen LogP contribution in [0.3, 0.4) is 0 Å². The molecule has 0 bridgehead atoms. The lowest BCUT2D eigenvalue weighted by Crippen LogP contribution is -2.44. The zero-order valence-corrected chi connectivity index (χ0v) is 14.7. The lowest BCUT2D eigenvalue weighted by molar-refractivity contribution is -0.125. The number of nitrogens with zero attached hydrogens (tertiary/aromatic N) is 4. The highest BCUT2D eigenvalue weighted by Crippen LogP contribution is 2.26. The van der Waals surface area contributed by atoms with Crippen LogP contribution in [0, 0.1) is 5.92 Å². The van der Waals surface area contributed by atoms with E-state index in [1.165, 1.54) is 6.33 Å². The number of imidazole rings is 1. The molecule has 1 saturated heterocycles. The molecular formula is C19H22N6O. The lowest BCUT2D eigenvalue weighted by atomic mass is 9.96. The first-order valence-electron chi connectivity index (χ1n) is 8.96. The average Bonchev–Trinajstić information content (AvgIpc) is 3.17. The molecule has 0 radical (unpaired) electrons. The van der Waals surface area contributed by atoms with Gasteiger partial charge >= 0.3 is 0 Å². The fourth-order valence-corrected chi connectivity index (χ4v) is 3.53. The van der Waals surface area contributed by atoms with Gasteiger partial charge in [-0.1, -0.05) is 30.3 Å². The number of carbonyl (C=O) groups is 1. The smallest absolute Gasteiger partial charge is 0.225 e. The fraction of sp³-hybridized carbons (Fsp3) is 0.368. The second kappa shape index (κ2) is 7.11. The van der Waals surface area contributed by atoms with Gasteiger partial charge in [0.15, 0.2) is 11.5 Å². The van der Waals surface area contributed by atoms with Crippen LogP contribution in [-0.2, 0) is 4.79 Å². The molecule has 1 fully saturated rings. The molecule has 2 N–H and O–H groups in total. The molecule has 26 heavy (non-hydrogen) atoms. The van der Waals surface area contributed by atoms with Gasteiger partial charge in [-0.25, -0.2) is 15.0 Å². The van der Waals surface area contributed by atoms with Gasteiger partial charge in [-0.05, 0) is 25.3 Å². The zero-order valence-electron chi connectivity index (χ0n) is 14.7. The second-order valence-electron chi connectivity index (χ2n) is 6.72. The second-order valence-corrected chi connectivity index (χ2v) is 6.72. The van der Waals surface area contributed by atoms with Crippen molar-refractivity contribution in [1.82, 2.24) is 25.3 Å². The van der Waals surface area contributed by atoms with Gasteiger partial charge < -0.3 is 15.2 Å². The molecule has 2 atom stereocenters. The van der Waals surface area contributed by atoms with Gasteiger partial charge in [-0.3, -0.25) is 4.79 Å². The monoisotopic (exact) mass is 350 g/mol. The topological polar surface area (TPSA) is 86.8 Å². The summed E-state index contributed by atoms with van der Waals surface area (Å²) >= 11 is 0. The first-order valence-corrected chi connectivity index (χ1v) is 8.96. The summed E-state index contributed by atoms with van der Waals surface area (Å²) in [6.45, 7) is 3.55. The van der Waals surface area contributed by atoms with E-state index in [-0.39, 0.29) is 17.9 Å². The maximum absolute atomic E-state index is 12.8. The summed E-state index contributed by atoms with van der Waals surface area (Å²) in [6, 6.07) is 10.0. The van der Waals surface area contributed by atoms with Gasteiger partial charge in [0.25, 0.3) is 0 Å². The van der Waals surface area contributed by atoms with E-state index in [1.54, 1.807) is 6.33 Å². The number of H-pyrrole nitrogens is 1. The van der Waals surface area contributed by atoms with E-state index in [9.17, 15) is 4.79 Å². The van der Waals surface area contributed by atoms with Crippen molar-refractivity contribution in [3.05, 3.63) is 48.5 Å². The minimum absolute atomic E-state index is 0.00237. The van der Waals surface area contributed by atoms with Crippen LogP contribution < -0.4 is 10.2 Å². The van der Waals surface area contributed by atoms with Crippen molar-refractivity contribution in [2.24, 2.45) is 5.92 Å². The van der Waals surface area contributed by atoms with Crippen molar-refractivity contribution < 1.29 is 4.79 Å². The summed E-state index contributed by atoms with van der Waals surface area (Å²) in [7, 11) is 0. The Labute approximate surface area is 151 Å². The van der Waals surface area contributed by atoms with Crippen molar-refractivity contribution in [1.29, 1.82) is 0 Å². The maximum Gasteiger partial charge on any atom is 0.225 e. The highest BCUT2D eigenvalue weighted by atomic mass is 16.2. The third-order valence-corrected chi connectivity index (χ3v) is 4.95. The molecule has 1 aliphatic heterocycles. The number of rotatable bonds is 4. The predicted molar refractivity (Wildman–Crippen MR) is 99.6 cm³/mol. The zero-order chi connectivity index (χ0) is 17.9. The Balaban J connectivity index is 1.46. The number of benzene rings is 1. The van der Waals surface area contributed by atoms with Crippen molar-refractivity contribution in [2.45, 2.75) is 25.8 Å². The van der Waals surface area contributed by atoms with Gasteiger partial charge in [0, 0.05) is 13.1 Å². The summed E-state index contributed by atoms with van der Waals surface area (Å²) in [6.07, 6.45) is 5.00. The molecule has 7 nitrogen and oxygen atoms in total. The van der Waals surface area contributed by atoms with Crippen molar-refractivity contribution in [3.8, 4) is 0 Å². The van der Waals surface area contributed by atoms with Crippen LogP contribution in [0.15, 0.2) is 43.0 Å². The minimum atomic E-state index is -0.0529. The standard InChI is InChI=1S/C19H22N6O/c1-13(14-6-3-2-4-7-14)24-19(26)15-8-5-9-25(10-15)18-16-17(21-11-20-16)22-12-23-18/h2-4,6-7,11-13,15H,5,8-10H2,1H3,(H,24,26)(H,20,21,22,23)/t13-,15-/m0/s1. The Bertz CT molecular complexity index is 893. The van der Waals surface area contributed by atoms with E-state index in [1.807, 2.05) is 37.3 Å². The summed E-state index contributed by atoms with van der Waals surface area (Å²) in [5.74, 6) is 0.866. The highest BCUT2D eigenvalue weighted by molar-refractivity contribution is 5.84. The predicted octanol–water partition coefficient (Wildman–Crippen LogP) is 2.45. The molecule has 134 valence electrons. The summed E-state index contributed by atoms with van der Waals surface area (Å²) < 4.78 is 0. The van der Waals surface area contributed by atoms with Crippen LogP contribution in [0.1, 0.15) is 31.4 Å². The van der Waals surface area contributed by atoms with E-state index >= 15 is 0 Å². The molecule has 3 aromatic rings. The van der Waals surface area contributed by atoms with E-state index in [2.05, 4.69) is 30.2 Å². The van der Waals surface area contributed by atoms with Crippen LogP contribution in [0.25, 0.3) is 11.2 Å². The number of nitrogens with one attached hydrogen (secondary N) is 2. The van der Waals surface area contributed by atoms with Crippen molar-refractivity contribution in [2.75, 3.05) is 18.0 Å². The highest BCUT2D eigenvalue weighted by Gasteiger charge is 2.28. The minimum Gasteiger partial charge on any atom is -0.354 e. The fourth-order valence-electron chi connectivity index (χ4n) is 3.53. The molecule has 0 saturated carbocycles. The maximum atomic E-state index is 12.8. The SMILES string of the molecule is C[C@H](NC(=O)[C@H]1CCCN(c2ncnc3nc[nH]c23)C1)c1ccccc1. The lowest BCUT2D eigenvalue weighted by Gasteiger charge is -2.33. The third kappa shape index (κ3) is 3.24. The quantitative estimate of drug-likeness (QED) is 0.755. The Kier molecular flexibility index (Phi) is 4.51. The molecule has 1 amide bonds. The number of aromatic amines is 1. The van der Waals surface area contributed by atoms with Crippen molar-refractivity contribution >= 4 is 22.9 Å².